The van der Waals surface area contributed by atoms with Gasteiger partial charge in [-0.2, -0.15) is 0 Å². The second kappa shape index (κ2) is 17.2. The average Bonchev–Trinajstić information content (AvgIpc) is 3.43. The molecule has 0 atom stereocenters. The van der Waals surface area contributed by atoms with Crippen LogP contribution in [0.5, 0.6) is 0 Å². The van der Waals surface area contributed by atoms with E-state index < -0.39 is 0 Å². The lowest BCUT2D eigenvalue weighted by molar-refractivity contribution is 0.104. The summed E-state index contributed by atoms with van der Waals surface area (Å²) in [5.74, 6) is 0. The van der Waals surface area contributed by atoms with Crippen molar-refractivity contribution in [3.05, 3.63) is 134 Å². The van der Waals surface area contributed by atoms with Gasteiger partial charge in [-0.1, -0.05) is 69.7 Å². The van der Waals surface area contributed by atoms with Crippen molar-refractivity contribution in [2.45, 2.75) is 58.3 Å². The van der Waals surface area contributed by atoms with Crippen LogP contribution in [0.4, 0.5) is 4.79 Å². The maximum absolute atomic E-state index is 12.1. The minimum Gasteiger partial charge on any atom is -0.450 e. The van der Waals surface area contributed by atoms with Crippen molar-refractivity contribution in [2.75, 3.05) is 32.8 Å². The SMILES string of the molecule is CCOC(=O)N1CCC(=C2c3ccc(Cl)cc3CCc3c2ncc(Br)c3Cl)CC1.Clc1ccc2c(c1)CCc1c(ncc(Br)c1Cl)C2=C1CCNCC1. The lowest BCUT2D eigenvalue weighted by Crippen LogP contribution is -2.37. The van der Waals surface area contributed by atoms with Gasteiger partial charge in [0, 0.05) is 46.7 Å². The quantitative estimate of drug-likeness (QED) is 0.206. The molecule has 1 amide bonds. The van der Waals surface area contributed by atoms with E-state index in [4.69, 9.17) is 61.1 Å². The van der Waals surface area contributed by atoms with Gasteiger partial charge in [0.2, 0.25) is 0 Å². The number of fused-ring (bicyclic) bond motifs is 4. The Kier molecular flexibility index (Phi) is 12.6. The third-order valence-corrected chi connectivity index (χ3v) is 13.4. The predicted octanol–water partition coefficient (Wildman–Crippen LogP) is 11.7. The van der Waals surface area contributed by atoms with Gasteiger partial charge in [0.15, 0.2) is 0 Å². The molecule has 2 aromatic heterocycles. The minimum absolute atomic E-state index is 0.241. The van der Waals surface area contributed by atoms with E-state index in [1.54, 1.807) is 11.1 Å². The first-order valence-corrected chi connectivity index (χ1v) is 21.0. The molecule has 1 N–H and O–H groups in total. The number of benzene rings is 2. The molecule has 12 heteroatoms. The molecule has 53 heavy (non-hydrogen) atoms. The van der Waals surface area contributed by atoms with Gasteiger partial charge in [0.1, 0.15) is 0 Å². The number of nitrogens with zero attached hydrogens (tertiary/aromatic N) is 3. The van der Waals surface area contributed by atoms with Crippen LogP contribution in [0.2, 0.25) is 20.1 Å². The Hall–Kier alpha value is -2.43. The monoisotopic (exact) mass is 916 g/mol. The molecule has 2 saturated heterocycles. The van der Waals surface area contributed by atoms with Gasteiger partial charge < -0.3 is 15.0 Å². The summed E-state index contributed by atoms with van der Waals surface area (Å²) in [7, 11) is 0. The molecule has 0 unspecified atom stereocenters. The first-order chi connectivity index (χ1) is 25.6. The van der Waals surface area contributed by atoms with E-state index in [0.29, 0.717) is 19.7 Å². The fraction of sp³-hybridized carbons (Fsp3) is 0.341. The third kappa shape index (κ3) is 8.25. The highest BCUT2D eigenvalue weighted by atomic mass is 79.9. The maximum atomic E-state index is 12.1. The van der Waals surface area contributed by atoms with E-state index in [0.717, 1.165) is 122 Å². The number of amides is 1. The number of aryl methyl sites for hydroxylation is 2. The zero-order valence-electron chi connectivity index (χ0n) is 29.2. The minimum atomic E-state index is -0.241. The van der Waals surface area contributed by atoms with E-state index >= 15 is 0 Å². The molecule has 0 spiro atoms. The molecule has 2 aliphatic heterocycles. The number of aromatic nitrogens is 2. The number of pyridine rings is 2. The highest BCUT2D eigenvalue weighted by molar-refractivity contribution is 9.10. The molecular formula is C41H38Br2Cl4N4O2. The highest BCUT2D eigenvalue weighted by Gasteiger charge is 2.29. The molecule has 0 radical (unpaired) electrons. The molecule has 6 nitrogen and oxygen atoms in total. The number of ether oxygens (including phenoxy) is 1. The van der Waals surface area contributed by atoms with Crippen molar-refractivity contribution in [1.29, 1.82) is 0 Å². The first kappa shape index (κ1) is 38.8. The maximum Gasteiger partial charge on any atom is 0.409 e. The topological polar surface area (TPSA) is 67.3 Å². The highest BCUT2D eigenvalue weighted by Crippen LogP contribution is 2.43. The Morgan fingerprint density at radius 2 is 1.19 bits per heavy atom. The number of rotatable bonds is 1. The average molecular weight is 920 g/mol. The van der Waals surface area contributed by atoms with Crippen molar-refractivity contribution in [3.63, 3.8) is 0 Å². The third-order valence-electron chi connectivity index (χ3n) is 10.4. The van der Waals surface area contributed by atoms with E-state index in [1.807, 2.05) is 31.3 Å². The van der Waals surface area contributed by atoms with Crippen LogP contribution in [0.15, 0.2) is 68.9 Å². The van der Waals surface area contributed by atoms with Crippen molar-refractivity contribution >= 4 is 95.5 Å². The fourth-order valence-electron chi connectivity index (χ4n) is 7.81. The van der Waals surface area contributed by atoms with E-state index in [-0.39, 0.29) is 6.09 Å². The Bertz CT molecular complexity index is 2140. The van der Waals surface area contributed by atoms with Crippen molar-refractivity contribution in [1.82, 2.24) is 20.2 Å². The van der Waals surface area contributed by atoms with Gasteiger partial charge in [0.25, 0.3) is 0 Å². The van der Waals surface area contributed by atoms with Crippen LogP contribution in [-0.2, 0) is 30.4 Å². The summed E-state index contributed by atoms with van der Waals surface area (Å²) in [4.78, 5) is 23.4. The van der Waals surface area contributed by atoms with Gasteiger partial charge >= 0.3 is 6.09 Å². The van der Waals surface area contributed by atoms with Gasteiger partial charge in [0.05, 0.1) is 37.0 Å². The Morgan fingerprint density at radius 1 is 0.717 bits per heavy atom. The van der Waals surface area contributed by atoms with Gasteiger partial charge in [-0.3, -0.25) is 9.97 Å². The smallest absolute Gasteiger partial charge is 0.409 e. The molecule has 0 bridgehead atoms. The number of hydrogen-bond donors (Lipinski definition) is 1. The summed E-state index contributed by atoms with van der Waals surface area (Å²) in [5, 5.41) is 6.46. The molecule has 4 heterocycles. The second-order valence-corrected chi connectivity index (χ2v) is 16.8. The molecule has 0 saturated carbocycles. The van der Waals surface area contributed by atoms with E-state index in [1.165, 1.54) is 39.0 Å². The van der Waals surface area contributed by atoms with Crippen LogP contribution in [0, 0.1) is 0 Å². The Morgan fingerprint density at radius 3 is 1.66 bits per heavy atom. The predicted molar refractivity (Wildman–Crippen MR) is 224 cm³/mol. The summed E-state index contributed by atoms with van der Waals surface area (Å²) >= 11 is 32.9. The Balaban J connectivity index is 0.000000167. The Labute approximate surface area is 347 Å². The van der Waals surface area contributed by atoms with Crippen LogP contribution in [0.25, 0.3) is 11.1 Å². The van der Waals surface area contributed by atoms with Gasteiger partial charge in [-0.25, -0.2) is 4.79 Å². The molecule has 2 aromatic carbocycles. The number of likely N-dealkylation sites (tertiary alicyclic amines) is 1. The summed E-state index contributed by atoms with van der Waals surface area (Å²) in [5.41, 5.74) is 14.3. The molecule has 276 valence electrons. The number of halogens is 6. The molecular weight excluding hydrogens is 882 g/mol. The van der Waals surface area contributed by atoms with Crippen molar-refractivity contribution < 1.29 is 9.53 Å². The fourth-order valence-corrected chi connectivity index (χ4v) is 9.35. The van der Waals surface area contributed by atoms with Crippen LogP contribution >= 0.6 is 78.3 Å². The number of carbonyl (C=O) groups excluding carboxylic acids is 1. The van der Waals surface area contributed by atoms with E-state index in [9.17, 15) is 4.79 Å². The molecule has 2 fully saturated rings. The standard InChI is InChI=1S/C22H21BrCl2N2O2.C19H17BrCl2N2/c1-2-29-22(28)27-9-7-13(8-10-27)19-16-6-4-15(24)11-14(16)3-5-17-20(25)18(23)12-26-21(17)19;20-16-10-24-19-15(18(16)22)3-1-12-9-13(21)2-4-14(12)17(19)11-5-7-23-8-6-11/h4,6,11-12H,2-3,5,7-10H2,1H3;2,4,9-10,23H,1,3,5-8H2. The number of carbonyl (C=O) groups is 1. The van der Waals surface area contributed by atoms with Gasteiger partial charge in [-0.05, 0) is 161 Å². The van der Waals surface area contributed by atoms with Crippen LogP contribution in [0.3, 0.4) is 0 Å². The summed E-state index contributed by atoms with van der Waals surface area (Å²) in [6, 6.07) is 12.3. The number of hydrogen-bond acceptors (Lipinski definition) is 5. The zero-order valence-corrected chi connectivity index (χ0v) is 35.4. The van der Waals surface area contributed by atoms with Crippen LogP contribution in [0.1, 0.15) is 77.4 Å². The molecule has 2 aliphatic carbocycles. The molecule has 4 aliphatic rings. The molecule has 8 rings (SSSR count). The second-order valence-electron chi connectivity index (χ2n) is 13.5. The van der Waals surface area contributed by atoms with Gasteiger partial charge in [-0.15, -0.1) is 0 Å². The number of nitrogens with one attached hydrogen (secondary N) is 1. The van der Waals surface area contributed by atoms with E-state index in [2.05, 4.69) is 55.4 Å². The van der Waals surface area contributed by atoms with Crippen molar-refractivity contribution in [2.24, 2.45) is 0 Å². The van der Waals surface area contributed by atoms with Crippen LogP contribution < -0.4 is 5.32 Å². The lowest BCUT2D eigenvalue weighted by Gasteiger charge is -2.29. The summed E-state index contributed by atoms with van der Waals surface area (Å²) < 4.78 is 6.83. The van der Waals surface area contributed by atoms with Crippen LogP contribution in [-0.4, -0.2) is 53.7 Å². The summed E-state index contributed by atoms with van der Waals surface area (Å²) in [6.45, 7) is 5.53. The molecule has 4 aromatic rings. The van der Waals surface area contributed by atoms with Crippen molar-refractivity contribution in [3.8, 4) is 0 Å². The zero-order chi connectivity index (χ0) is 37.2. The number of piperidine rings is 2. The summed E-state index contributed by atoms with van der Waals surface area (Å²) in [6.07, 6.45) is 10.5. The largest absolute Gasteiger partial charge is 0.450 e. The lowest BCUT2D eigenvalue weighted by atomic mass is 9.88. The normalized spacial score (nSPS) is 16.7. The first-order valence-electron chi connectivity index (χ1n) is 17.9.